The largest absolute Gasteiger partial charge is 0.355 e. The van der Waals surface area contributed by atoms with Crippen molar-refractivity contribution in [3.63, 3.8) is 0 Å². The highest BCUT2D eigenvalue weighted by Gasteiger charge is 2.11. The number of thiophene rings is 1. The second-order valence-corrected chi connectivity index (χ2v) is 4.62. The molecule has 2 heterocycles. The molecule has 2 nitrogen and oxygen atoms in total. The van der Waals surface area contributed by atoms with Crippen LogP contribution in [0.2, 0.25) is 0 Å². The topological polar surface area (TPSA) is 26.0 Å². The number of aryl methyl sites for hydroxylation is 1. The smallest absolute Gasteiger partial charge is 0.178 e. The molecule has 0 spiro atoms. The number of aromatic nitrogens is 1. The second kappa shape index (κ2) is 3.76. The molecule has 2 aromatic heterocycles. The maximum atomic E-state index is 5.28. The summed E-state index contributed by atoms with van der Waals surface area (Å²) in [6.07, 6.45) is 1.04. The Balaban J connectivity index is 2.19. The summed E-state index contributed by atoms with van der Waals surface area (Å²) in [5, 5.41) is 6.17. The van der Waals surface area contributed by atoms with Crippen LogP contribution < -0.4 is 0 Å². The predicted octanol–water partition coefficient (Wildman–Crippen LogP) is 4.12. The van der Waals surface area contributed by atoms with Crippen molar-refractivity contribution in [1.29, 1.82) is 0 Å². The van der Waals surface area contributed by atoms with E-state index in [0.717, 1.165) is 28.0 Å². The monoisotopic (exact) mass is 229 g/mol. The lowest BCUT2D eigenvalue weighted by atomic mass is 10.1. The average Bonchev–Trinajstić information content (AvgIpc) is 2.90. The quantitative estimate of drug-likeness (QED) is 0.660. The van der Waals surface area contributed by atoms with Crippen LogP contribution in [-0.4, -0.2) is 5.16 Å². The van der Waals surface area contributed by atoms with Crippen LogP contribution in [0.4, 0.5) is 0 Å². The summed E-state index contributed by atoms with van der Waals surface area (Å²) >= 11 is 1.67. The zero-order valence-corrected chi connectivity index (χ0v) is 9.75. The first-order valence-electron chi connectivity index (χ1n) is 5.30. The Morgan fingerprint density at radius 2 is 2.25 bits per heavy atom. The van der Waals surface area contributed by atoms with Gasteiger partial charge >= 0.3 is 0 Å². The number of nitrogens with zero attached hydrogens (tertiary/aromatic N) is 1. The van der Waals surface area contributed by atoms with Gasteiger partial charge in [0.15, 0.2) is 5.58 Å². The van der Waals surface area contributed by atoms with Gasteiger partial charge in [-0.3, -0.25) is 0 Å². The molecule has 3 rings (SSSR count). The summed E-state index contributed by atoms with van der Waals surface area (Å²) in [4.78, 5) is 0. The summed E-state index contributed by atoms with van der Waals surface area (Å²) in [5.41, 5.74) is 4.30. The molecule has 0 fully saturated rings. The van der Waals surface area contributed by atoms with Gasteiger partial charge in [-0.1, -0.05) is 30.3 Å². The van der Waals surface area contributed by atoms with E-state index >= 15 is 0 Å². The van der Waals surface area contributed by atoms with E-state index in [-0.39, 0.29) is 0 Å². The van der Waals surface area contributed by atoms with Crippen LogP contribution in [0.1, 0.15) is 12.5 Å². The molecule has 0 aliphatic heterocycles. The second-order valence-electron chi connectivity index (χ2n) is 3.70. The molecule has 0 amide bonds. The number of benzene rings is 1. The Kier molecular flexibility index (Phi) is 2.26. The van der Waals surface area contributed by atoms with Crippen LogP contribution >= 0.6 is 11.3 Å². The Bertz CT molecular complexity index is 623. The number of rotatable bonds is 2. The van der Waals surface area contributed by atoms with Gasteiger partial charge in [0.2, 0.25) is 0 Å². The van der Waals surface area contributed by atoms with Gasteiger partial charge in [0.25, 0.3) is 0 Å². The van der Waals surface area contributed by atoms with E-state index in [1.807, 2.05) is 11.4 Å². The molecule has 0 unspecified atom stereocenters. The molecule has 0 saturated carbocycles. The minimum absolute atomic E-state index is 0.877. The van der Waals surface area contributed by atoms with Crippen molar-refractivity contribution < 1.29 is 4.52 Å². The van der Waals surface area contributed by atoms with Crippen molar-refractivity contribution in [3.05, 3.63) is 41.3 Å². The fourth-order valence-corrected chi connectivity index (χ4v) is 2.62. The molecule has 3 heteroatoms. The zero-order chi connectivity index (χ0) is 11.0. The lowest BCUT2D eigenvalue weighted by Crippen LogP contribution is -1.82. The first-order valence-corrected chi connectivity index (χ1v) is 6.18. The summed E-state index contributed by atoms with van der Waals surface area (Å²) in [6.45, 7) is 2.16. The molecule has 80 valence electrons. The summed E-state index contributed by atoms with van der Waals surface area (Å²) in [7, 11) is 0. The van der Waals surface area contributed by atoms with Crippen LogP contribution in [0.3, 0.4) is 0 Å². The zero-order valence-electron chi connectivity index (χ0n) is 8.93. The average molecular weight is 229 g/mol. The van der Waals surface area contributed by atoms with Crippen molar-refractivity contribution in [2.75, 3.05) is 0 Å². The highest BCUT2D eigenvalue weighted by molar-refractivity contribution is 7.17. The molecule has 16 heavy (non-hydrogen) atoms. The molecular formula is C13H11NOS. The van der Waals surface area contributed by atoms with E-state index < -0.39 is 0 Å². The third kappa shape index (κ3) is 1.44. The minimum Gasteiger partial charge on any atom is -0.355 e. The molecule has 0 aliphatic rings. The van der Waals surface area contributed by atoms with Crippen molar-refractivity contribution in [3.8, 4) is 11.3 Å². The fourth-order valence-electron chi connectivity index (χ4n) is 1.80. The van der Waals surface area contributed by atoms with E-state index in [0.29, 0.717) is 0 Å². The summed E-state index contributed by atoms with van der Waals surface area (Å²) in [6, 6.07) is 10.4. The fraction of sp³-hybridized carbons (Fsp3) is 0.154. The Labute approximate surface area is 97.5 Å². The van der Waals surface area contributed by atoms with Crippen LogP contribution in [0, 0.1) is 0 Å². The lowest BCUT2D eigenvalue weighted by molar-refractivity contribution is 0.459. The molecule has 0 aliphatic carbocycles. The maximum absolute atomic E-state index is 5.28. The van der Waals surface area contributed by atoms with E-state index in [1.54, 1.807) is 11.3 Å². The number of fused-ring (bicyclic) bond motifs is 1. The van der Waals surface area contributed by atoms with Crippen LogP contribution in [0.15, 0.2) is 40.2 Å². The van der Waals surface area contributed by atoms with E-state index in [9.17, 15) is 0 Å². The molecule has 0 saturated heterocycles. The molecule has 0 atom stereocenters. The molecule has 1 aromatic carbocycles. The predicted molar refractivity (Wildman–Crippen MR) is 66.7 cm³/mol. The lowest BCUT2D eigenvalue weighted by Gasteiger charge is -1.99. The van der Waals surface area contributed by atoms with E-state index in [4.69, 9.17) is 4.52 Å². The van der Waals surface area contributed by atoms with Crippen molar-refractivity contribution in [1.82, 2.24) is 5.16 Å². The molecular weight excluding hydrogens is 218 g/mol. The SMILES string of the molecule is CCc1cccc(-c2noc3ccsc23)c1. The van der Waals surface area contributed by atoms with Gasteiger partial charge in [-0.2, -0.15) is 0 Å². The van der Waals surface area contributed by atoms with Gasteiger partial charge in [0, 0.05) is 5.56 Å². The summed E-state index contributed by atoms with van der Waals surface area (Å²) < 4.78 is 6.41. The first kappa shape index (κ1) is 9.60. The van der Waals surface area contributed by atoms with Crippen molar-refractivity contribution >= 4 is 21.6 Å². The third-order valence-electron chi connectivity index (χ3n) is 2.69. The van der Waals surface area contributed by atoms with Gasteiger partial charge in [-0.25, -0.2) is 0 Å². The van der Waals surface area contributed by atoms with Gasteiger partial charge in [-0.05, 0) is 29.5 Å². The highest BCUT2D eigenvalue weighted by Crippen LogP contribution is 2.32. The maximum Gasteiger partial charge on any atom is 0.178 e. The van der Waals surface area contributed by atoms with Gasteiger partial charge in [-0.15, -0.1) is 11.3 Å². The first-order chi connectivity index (χ1) is 7.88. The third-order valence-corrected chi connectivity index (χ3v) is 3.59. The number of hydrogen-bond acceptors (Lipinski definition) is 3. The Morgan fingerprint density at radius 3 is 3.12 bits per heavy atom. The summed E-state index contributed by atoms with van der Waals surface area (Å²) in [5.74, 6) is 0. The van der Waals surface area contributed by atoms with E-state index in [2.05, 4.69) is 36.3 Å². The minimum atomic E-state index is 0.877. The number of hydrogen-bond donors (Lipinski definition) is 0. The van der Waals surface area contributed by atoms with Gasteiger partial charge < -0.3 is 4.52 Å². The molecule has 0 N–H and O–H groups in total. The molecule has 3 aromatic rings. The van der Waals surface area contributed by atoms with Gasteiger partial charge in [0.05, 0.1) is 0 Å². The van der Waals surface area contributed by atoms with Crippen LogP contribution in [0.25, 0.3) is 21.5 Å². The van der Waals surface area contributed by atoms with E-state index in [1.165, 1.54) is 5.56 Å². The Hall–Kier alpha value is -1.61. The van der Waals surface area contributed by atoms with Crippen LogP contribution in [-0.2, 0) is 6.42 Å². The Morgan fingerprint density at radius 1 is 1.31 bits per heavy atom. The van der Waals surface area contributed by atoms with Gasteiger partial charge in [0.1, 0.15) is 10.4 Å². The van der Waals surface area contributed by atoms with Crippen molar-refractivity contribution in [2.45, 2.75) is 13.3 Å². The van der Waals surface area contributed by atoms with Crippen molar-refractivity contribution in [2.24, 2.45) is 0 Å². The molecule has 0 radical (unpaired) electrons. The molecule has 0 bridgehead atoms. The van der Waals surface area contributed by atoms with Crippen LogP contribution in [0.5, 0.6) is 0 Å². The normalized spacial score (nSPS) is 11.1. The standard InChI is InChI=1S/C13H11NOS/c1-2-9-4-3-5-10(8-9)12-13-11(15-14-12)6-7-16-13/h3-8H,2H2,1H3. The highest BCUT2D eigenvalue weighted by atomic mass is 32.1.